The van der Waals surface area contributed by atoms with E-state index in [1.807, 2.05) is 9.80 Å². The van der Waals surface area contributed by atoms with Crippen LogP contribution in [0.3, 0.4) is 0 Å². The van der Waals surface area contributed by atoms with Crippen molar-refractivity contribution < 1.29 is 20.4 Å². The molecule has 0 aromatic carbocycles. The van der Waals surface area contributed by atoms with E-state index < -0.39 is 24.4 Å². The number of nitrogens with zero attached hydrogens (tertiary/aromatic N) is 2. The Kier molecular flexibility index (Phi) is 41.1. The Hall–Kier alpha value is -0.840. The first-order valence-corrected chi connectivity index (χ1v) is 23.2. The zero-order valence-corrected chi connectivity index (χ0v) is 35.9. The molecule has 8 heteroatoms. The van der Waals surface area contributed by atoms with E-state index in [2.05, 4.69) is 38.2 Å². The standard InChI is InChI=1S/C46H94N4O4/c1-3-5-7-9-11-13-15-17-19-21-23-25-27-29-31-33-35-49(39-43(51)37-47)41-45(53)46(54)42-50(40-44(52)38-48)36-34-32-30-28-26-24-22-20-18-16-14-12-10-8-6-4-2/h17-20,43-46,51-54H,3-16,21-42,47-48H2,1-2H3. The molecule has 0 aliphatic heterocycles. The zero-order chi connectivity index (χ0) is 39.7. The van der Waals surface area contributed by atoms with Crippen molar-refractivity contribution in [2.75, 3.05) is 52.4 Å². The van der Waals surface area contributed by atoms with Gasteiger partial charge in [-0.15, -0.1) is 0 Å². The molecule has 0 aromatic heterocycles. The number of allylic oxidation sites excluding steroid dienone is 4. The van der Waals surface area contributed by atoms with Crippen LogP contribution in [0.15, 0.2) is 24.3 Å². The molecule has 0 radical (unpaired) electrons. The van der Waals surface area contributed by atoms with Crippen molar-refractivity contribution in [3.8, 4) is 0 Å². The Morgan fingerprint density at radius 3 is 0.907 bits per heavy atom. The number of aliphatic hydroxyl groups excluding tert-OH is 4. The molecule has 0 rings (SSSR count). The van der Waals surface area contributed by atoms with Gasteiger partial charge in [-0.2, -0.15) is 0 Å². The predicted molar refractivity (Wildman–Crippen MR) is 234 cm³/mol. The summed E-state index contributed by atoms with van der Waals surface area (Å²) in [6.45, 7) is 7.72. The lowest BCUT2D eigenvalue weighted by Crippen LogP contribution is -2.49. The molecule has 322 valence electrons. The Balaban J connectivity index is 4.34. The van der Waals surface area contributed by atoms with Gasteiger partial charge >= 0.3 is 0 Å². The SMILES string of the molecule is CCCCCCCCC=CCCCCCCCCN(CC(O)CN)CC(O)C(O)CN(CCCCCCCCC=CCCCCCCCC)CC(O)CN. The third kappa shape index (κ3) is 36.8. The minimum absolute atomic E-state index is 0.170. The average Bonchev–Trinajstić information content (AvgIpc) is 3.17. The van der Waals surface area contributed by atoms with Crippen molar-refractivity contribution in [2.24, 2.45) is 11.5 Å². The van der Waals surface area contributed by atoms with Crippen molar-refractivity contribution in [1.82, 2.24) is 9.80 Å². The van der Waals surface area contributed by atoms with Crippen LogP contribution in [0.4, 0.5) is 0 Å². The summed E-state index contributed by atoms with van der Waals surface area (Å²) >= 11 is 0. The van der Waals surface area contributed by atoms with Crippen molar-refractivity contribution >= 4 is 0 Å². The molecule has 4 unspecified atom stereocenters. The van der Waals surface area contributed by atoms with Crippen LogP contribution in [0.1, 0.15) is 194 Å². The number of nitrogens with two attached hydrogens (primary N) is 2. The second-order valence-electron chi connectivity index (χ2n) is 16.3. The molecular weight excluding hydrogens is 673 g/mol. The lowest BCUT2D eigenvalue weighted by molar-refractivity contribution is -0.0299. The maximum atomic E-state index is 11.0. The van der Waals surface area contributed by atoms with Gasteiger partial charge in [0.2, 0.25) is 0 Å². The number of hydrogen-bond acceptors (Lipinski definition) is 8. The molecule has 0 aliphatic rings. The van der Waals surface area contributed by atoms with E-state index in [4.69, 9.17) is 11.5 Å². The number of unbranched alkanes of at least 4 members (excludes halogenated alkanes) is 24. The van der Waals surface area contributed by atoms with Crippen molar-refractivity contribution in [2.45, 2.75) is 218 Å². The van der Waals surface area contributed by atoms with Crippen molar-refractivity contribution in [1.29, 1.82) is 0 Å². The Labute approximate surface area is 335 Å². The molecule has 0 saturated carbocycles. The van der Waals surface area contributed by atoms with E-state index in [9.17, 15) is 20.4 Å². The Bertz CT molecular complexity index is 737. The van der Waals surface area contributed by atoms with E-state index in [0.717, 1.165) is 38.8 Å². The normalized spacial score (nSPS) is 14.6. The summed E-state index contributed by atoms with van der Waals surface area (Å²) in [5.41, 5.74) is 11.4. The molecular formula is C46H94N4O4. The summed E-state index contributed by atoms with van der Waals surface area (Å²) < 4.78 is 0. The highest BCUT2D eigenvalue weighted by Crippen LogP contribution is 2.13. The maximum absolute atomic E-state index is 11.0. The van der Waals surface area contributed by atoms with Gasteiger partial charge in [0.05, 0.1) is 24.4 Å². The van der Waals surface area contributed by atoms with E-state index in [-0.39, 0.29) is 26.2 Å². The van der Waals surface area contributed by atoms with Gasteiger partial charge in [0.25, 0.3) is 0 Å². The van der Waals surface area contributed by atoms with E-state index in [1.54, 1.807) is 0 Å². The first-order valence-electron chi connectivity index (χ1n) is 23.2. The van der Waals surface area contributed by atoms with Gasteiger partial charge < -0.3 is 31.9 Å². The second-order valence-corrected chi connectivity index (χ2v) is 16.3. The van der Waals surface area contributed by atoms with E-state index >= 15 is 0 Å². The van der Waals surface area contributed by atoms with Crippen LogP contribution in [0.2, 0.25) is 0 Å². The average molecular weight is 767 g/mol. The summed E-state index contributed by atoms with van der Waals surface area (Å²) in [5, 5.41) is 42.6. The first kappa shape index (κ1) is 53.2. The number of rotatable bonds is 43. The summed E-state index contributed by atoms with van der Waals surface area (Å²) in [6, 6.07) is 0. The van der Waals surface area contributed by atoms with Crippen LogP contribution < -0.4 is 11.5 Å². The molecule has 8 N–H and O–H groups in total. The minimum atomic E-state index is -0.957. The van der Waals surface area contributed by atoms with E-state index in [1.165, 1.54) is 154 Å². The maximum Gasteiger partial charge on any atom is 0.0938 e. The van der Waals surface area contributed by atoms with Crippen LogP contribution in [0, 0.1) is 0 Å². The summed E-state index contributed by atoms with van der Waals surface area (Å²) in [6.07, 6.45) is 41.4. The topological polar surface area (TPSA) is 139 Å². The summed E-state index contributed by atoms with van der Waals surface area (Å²) in [7, 11) is 0. The molecule has 0 aliphatic carbocycles. The fourth-order valence-electron chi connectivity index (χ4n) is 7.20. The summed E-state index contributed by atoms with van der Waals surface area (Å²) in [4.78, 5) is 4.09. The fourth-order valence-corrected chi connectivity index (χ4v) is 7.20. The van der Waals surface area contributed by atoms with Gasteiger partial charge in [-0.05, 0) is 77.3 Å². The van der Waals surface area contributed by atoms with Gasteiger partial charge in [0, 0.05) is 39.3 Å². The highest BCUT2D eigenvalue weighted by molar-refractivity contribution is 4.82. The zero-order valence-electron chi connectivity index (χ0n) is 35.9. The van der Waals surface area contributed by atoms with Gasteiger partial charge in [-0.1, -0.05) is 154 Å². The smallest absolute Gasteiger partial charge is 0.0938 e. The number of hydrogen-bond donors (Lipinski definition) is 6. The first-order chi connectivity index (χ1) is 26.4. The van der Waals surface area contributed by atoms with Crippen molar-refractivity contribution in [3.63, 3.8) is 0 Å². The molecule has 0 bridgehead atoms. The molecule has 0 heterocycles. The predicted octanol–water partition coefficient (Wildman–Crippen LogP) is 9.03. The third-order valence-electron chi connectivity index (χ3n) is 10.8. The van der Waals surface area contributed by atoms with Crippen LogP contribution in [0.5, 0.6) is 0 Å². The van der Waals surface area contributed by atoms with Crippen LogP contribution in [0.25, 0.3) is 0 Å². The lowest BCUT2D eigenvalue weighted by atomic mass is 10.1. The van der Waals surface area contributed by atoms with Crippen LogP contribution >= 0.6 is 0 Å². The third-order valence-corrected chi connectivity index (χ3v) is 10.8. The molecule has 0 aromatic rings. The monoisotopic (exact) mass is 767 g/mol. The van der Waals surface area contributed by atoms with E-state index in [0.29, 0.717) is 13.1 Å². The minimum Gasteiger partial charge on any atom is -0.390 e. The molecule has 54 heavy (non-hydrogen) atoms. The second kappa shape index (κ2) is 41.8. The van der Waals surface area contributed by atoms with Gasteiger partial charge in [-0.25, -0.2) is 0 Å². The molecule has 4 atom stereocenters. The highest BCUT2D eigenvalue weighted by Gasteiger charge is 2.24. The largest absolute Gasteiger partial charge is 0.390 e. The van der Waals surface area contributed by atoms with Crippen LogP contribution in [-0.2, 0) is 0 Å². The number of aliphatic hydroxyl groups is 4. The lowest BCUT2D eigenvalue weighted by Gasteiger charge is -2.32. The fraction of sp³-hybridized carbons (Fsp3) is 0.913. The Morgan fingerprint density at radius 1 is 0.370 bits per heavy atom. The van der Waals surface area contributed by atoms with Crippen LogP contribution in [-0.4, -0.2) is 107 Å². The molecule has 0 amide bonds. The molecule has 0 spiro atoms. The Morgan fingerprint density at radius 2 is 0.630 bits per heavy atom. The van der Waals surface area contributed by atoms with Gasteiger partial charge in [0.15, 0.2) is 0 Å². The quantitative estimate of drug-likeness (QED) is 0.0267. The van der Waals surface area contributed by atoms with Crippen molar-refractivity contribution in [3.05, 3.63) is 24.3 Å². The molecule has 8 nitrogen and oxygen atoms in total. The van der Waals surface area contributed by atoms with Gasteiger partial charge in [-0.3, -0.25) is 9.80 Å². The molecule has 0 fully saturated rings. The summed E-state index contributed by atoms with van der Waals surface area (Å²) in [5.74, 6) is 0. The van der Waals surface area contributed by atoms with Gasteiger partial charge in [0.1, 0.15) is 0 Å². The molecule has 0 saturated heterocycles. The highest BCUT2D eigenvalue weighted by atomic mass is 16.3.